The highest BCUT2D eigenvalue weighted by Gasteiger charge is 2.39. The second kappa shape index (κ2) is 10.2. The molecule has 0 fully saturated rings. The van der Waals surface area contributed by atoms with E-state index in [4.69, 9.17) is 8.83 Å². The summed E-state index contributed by atoms with van der Waals surface area (Å²) in [5, 5.41) is 11.9. The summed E-state index contributed by atoms with van der Waals surface area (Å²) < 4.78 is 13.4. The molecule has 53 heavy (non-hydrogen) atoms. The van der Waals surface area contributed by atoms with Gasteiger partial charge in [-0.05, 0) is 96.0 Å². The van der Waals surface area contributed by atoms with Crippen LogP contribution in [0.1, 0.15) is 25.0 Å². The summed E-state index contributed by atoms with van der Waals surface area (Å²) in [6, 6.07) is 57.4. The molecule has 0 amide bonds. The Morgan fingerprint density at radius 3 is 1.75 bits per heavy atom. The summed E-state index contributed by atoms with van der Waals surface area (Å²) in [4.78, 5) is 0. The van der Waals surface area contributed by atoms with Crippen LogP contribution in [0.3, 0.4) is 0 Å². The van der Waals surface area contributed by atoms with Gasteiger partial charge in [0.2, 0.25) is 0 Å². The lowest BCUT2D eigenvalue weighted by Crippen LogP contribution is -2.14. The number of hydrogen-bond donors (Lipinski definition) is 0. The van der Waals surface area contributed by atoms with E-state index in [0.717, 1.165) is 33.1 Å². The predicted octanol–water partition coefficient (Wildman–Crippen LogP) is 14.6. The number of fused-ring (bicyclic) bond motifs is 13. The molecule has 0 spiro atoms. The summed E-state index contributed by atoms with van der Waals surface area (Å²) in [5.74, 6) is 0. The fourth-order valence-corrected chi connectivity index (χ4v) is 9.67. The molecule has 2 nitrogen and oxygen atoms in total. The molecule has 0 bridgehead atoms. The zero-order valence-electron chi connectivity index (χ0n) is 29.3. The lowest BCUT2D eigenvalue weighted by Gasteiger charge is -2.23. The Bertz CT molecular complexity index is 3310. The van der Waals surface area contributed by atoms with Gasteiger partial charge in [0.1, 0.15) is 22.3 Å². The number of furan rings is 2. The molecule has 0 saturated heterocycles. The van der Waals surface area contributed by atoms with Crippen LogP contribution in [0.25, 0.3) is 110 Å². The minimum Gasteiger partial charge on any atom is -0.456 e. The molecule has 2 aromatic heterocycles. The van der Waals surface area contributed by atoms with Gasteiger partial charge in [0.05, 0.1) is 0 Å². The van der Waals surface area contributed by atoms with E-state index < -0.39 is 0 Å². The Hall–Kier alpha value is -6.64. The zero-order valence-corrected chi connectivity index (χ0v) is 29.3. The number of rotatable bonds is 2. The van der Waals surface area contributed by atoms with Crippen molar-refractivity contribution in [3.63, 3.8) is 0 Å². The molecular weight excluding hydrogens is 645 g/mol. The van der Waals surface area contributed by atoms with Gasteiger partial charge < -0.3 is 8.83 Å². The monoisotopic (exact) mass is 676 g/mol. The third-order valence-corrected chi connectivity index (χ3v) is 12.0. The van der Waals surface area contributed by atoms with Crippen molar-refractivity contribution in [2.24, 2.45) is 0 Å². The highest BCUT2D eigenvalue weighted by Crippen LogP contribution is 2.58. The van der Waals surface area contributed by atoms with E-state index in [0.29, 0.717) is 0 Å². The van der Waals surface area contributed by atoms with Crippen LogP contribution >= 0.6 is 0 Å². The van der Waals surface area contributed by atoms with Crippen molar-refractivity contribution in [2.75, 3.05) is 0 Å². The Balaban J connectivity index is 1.28. The molecule has 0 saturated carbocycles. The van der Waals surface area contributed by atoms with E-state index in [9.17, 15) is 0 Å². The fraction of sp³-hybridized carbons (Fsp3) is 0.0588. The predicted molar refractivity (Wildman–Crippen MR) is 222 cm³/mol. The van der Waals surface area contributed by atoms with E-state index >= 15 is 0 Å². The second-order valence-corrected chi connectivity index (χ2v) is 15.1. The SMILES string of the molecule is CC1(C)c2ccccc2-c2c1cc1c(oc3ccc4ccccc4c31)c2-c1c2ccccc2c(-c2ccc3oc4ccccc4c3c2)c2ccccc12. The number of para-hydroxylation sites is 1. The van der Waals surface area contributed by atoms with Crippen LogP contribution in [0.15, 0.2) is 167 Å². The maximum atomic E-state index is 7.14. The van der Waals surface area contributed by atoms with Gasteiger partial charge in [-0.3, -0.25) is 0 Å². The lowest BCUT2D eigenvalue weighted by atomic mass is 9.79. The Labute approximate surface area is 305 Å². The normalized spacial score (nSPS) is 13.6. The first kappa shape index (κ1) is 29.0. The average Bonchev–Trinajstić information content (AvgIpc) is 3.84. The van der Waals surface area contributed by atoms with Gasteiger partial charge in [0.15, 0.2) is 0 Å². The van der Waals surface area contributed by atoms with E-state index in [-0.39, 0.29) is 5.41 Å². The average molecular weight is 677 g/mol. The van der Waals surface area contributed by atoms with Crippen LogP contribution < -0.4 is 0 Å². The summed E-state index contributed by atoms with van der Waals surface area (Å²) in [7, 11) is 0. The molecule has 2 heterocycles. The van der Waals surface area contributed by atoms with Crippen LogP contribution in [0.4, 0.5) is 0 Å². The first-order valence-electron chi connectivity index (χ1n) is 18.4. The molecule has 12 rings (SSSR count). The summed E-state index contributed by atoms with van der Waals surface area (Å²) in [6.45, 7) is 4.76. The largest absolute Gasteiger partial charge is 0.456 e. The summed E-state index contributed by atoms with van der Waals surface area (Å²) in [6.07, 6.45) is 0. The van der Waals surface area contributed by atoms with Gasteiger partial charge in [-0.25, -0.2) is 0 Å². The molecular formula is C51H32O2. The smallest absolute Gasteiger partial charge is 0.143 e. The first-order valence-corrected chi connectivity index (χ1v) is 18.4. The minimum absolute atomic E-state index is 0.197. The maximum Gasteiger partial charge on any atom is 0.143 e. The standard InChI is InChI=1S/C51H32O2/c1-51(2)40-21-11-9-20-37(40)48-41(51)28-39-46-31-14-4-3-13-29(31)23-26-44(46)53-50(39)49(48)47-35-18-7-5-16-33(35)45(34-17-6-8-19-36(34)47)30-24-25-43-38(27-30)32-15-10-12-22-42(32)52-43/h3-28H,1-2H3. The van der Waals surface area contributed by atoms with Gasteiger partial charge in [0, 0.05) is 38.1 Å². The molecule has 248 valence electrons. The van der Waals surface area contributed by atoms with Crippen molar-refractivity contribution in [2.45, 2.75) is 19.3 Å². The Morgan fingerprint density at radius 1 is 0.377 bits per heavy atom. The highest BCUT2D eigenvalue weighted by atomic mass is 16.3. The van der Waals surface area contributed by atoms with E-state index in [1.807, 2.05) is 12.1 Å². The first-order chi connectivity index (χ1) is 26.1. The lowest BCUT2D eigenvalue weighted by molar-refractivity contribution is 0.658. The second-order valence-electron chi connectivity index (χ2n) is 15.1. The molecule has 2 heteroatoms. The molecule has 9 aromatic carbocycles. The molecule has 0 aliphatic heterocycles. The molecule has 11 aromatic rings. The third-order valence-electron chi connectivity index (χ3n) is 12.0. The minimum atomic E-state index is -0.197. The van der Waals surface area contributed by atoms with Crippen molar-refractivity contribution in [3.8, 4) is 33.4 Å². The molecule has 0 unspecified atom stereocenters. The molecule has 1 aliphatic carbocycles. The maximum absolute atomic E-state index is 7.14. The van der Waals surface area contributed by atoms with Crippen molar-refractivity contribution in [1.82, 2.24) is 0 Å². The van der Waals surface area contributed by atoms with Gasteiger partial charge >= 0.3 is 0 Å². The molecule has 1 aliphatic rings. The zero-order chi connectivity index (χ0) is 35.0. The van der Waals surface area contributed by atoms with Gasteiger partial charge in [-0.1, -0.05) is 141 Å². The number of benzene rings is 9. The fourth-order valence-electron chi connectivity index (χ4n) is 9.67. The quantitative estimate of drug-likeness (QED) is 0.170. The molecule has 0 atom stereocenters. The van der Waals surface area contributed by atoms with Crippen molar-refractivity contribution in [3.05, 3.63) is 169 Å². The van der Waals surface area contributed by atoms with Crippen LogP contribution in [0, 0.1) is 0 Å². The highest BCUT2D eigenvalue weighted by molar-refractivity contribution is 6.29. The third kappa shape index (κ3) is 3.77. The van der Waals surface area contributed by atoms with Crippen LogP contribution in [-0.4, -0.2) is 0 Å². The van der Waals surface area contributed by atoms with E-state index in [2.05, 4.69) is 159 Å². The van der Waals surface area contributed by atoms with E-state index in [1.165, 1.54) is 87.6 Å². The van der Waals surface area contributed by atoms with Crippen molar-refractivity contribution in [1.29, 1.82) is 0 Å². The van der Waals surface area contributed by atoms with Gasteiger partial charge in [0.25, 0.3) is 0 Å². The van der Waals surface area contributed by atoms with Crippen molar-refractivity contribution < 1.29 is 8.83 Å². The van der Waals surface area contributed by atoms with E-state index in [1.54, 1.807) is 0 Å². The summed E-state index contributed by atoms with van der Waals surface area (Å²) >= 11 is 0. The topological polar surface area (TPSA) is 26.3 Å². The Kier molecular flexibility index (Phi) is 5.60. The van der Waals surface area contributed by atoms with Crippen molar-refractivity contribution >= 4 is 76.2 Å². The van der Waals surface area contributed by atoms with Gasteiger partial charge in [-0.15, -0.1) is 0 Å². The summed E-state index contributed by atoms with van der Waals surface area (Å²) in [5.41, 5.74) is 13.5. The van der Waals surface area contributed by atoms with Crippen LogP contribution in [0.2, 0.25) is 0 Å². The Morgan fingerprint density at radius 2 is 0.981 bits per heavy atom. The molecule has 0 radical (unpaired) electrons. The van der Waals surface area contributed by atoms with Crippen LogP contribution in [0.5, 0.6) is 0 Å². The number of hydrogen-bond acceptors (Lipinski definition) is 2. The van der Waals surface area contributed by atoms with Crippen LogP contribution in [-0.2, 0) is 5.41 Å². The van der Waals surface area contributed by atoms with Gasteiger partial charge in [-0.2, -0.15) is 0 Å². The molecule has 0 N–H and O–H groups in total.